The van der Waals surface area contributed by atoms with Crippen molar-refractivity contribution in [3.05, 3.63) is 0 Å². The number of hydrogen-bond acceptors (Lipinski definition) is 5. The molecule has 0 aromatic carbocycles. The van der Waals surface area contributed by atoms with Gasteiger partial charge in [-0.25, -0.2) is 0 Å². The van der Waals surface area contributed by atoms with Crippen LogP contribution < -0.4 is 0 Å². The topological polar surface area (TPSA) is 72.9 Å². The molecule has 2 radical (unpaired) electrons. The zero-order valence-electron chi connectivity index (χ0n) is 15.2. The lowest BCUT2D eigenvalue weighted by atomic mass is 9.91. The fourth-order valence-corrected chi connectivity index (χ4v) is 3.57. The lowest BCUT2D eigenvalue weighted by Crippen LogP contribution is -2.40. The maximum absolute atomic E-state index is 12.2. The molecule has 2 heterocycles. The summed E-state index contributed by atoms with van der Waals surface area (Å²) in [6.45, 7) is 5.01. The molecule has 0 unspecified atom stereocenters. The van der Waals surface area contributed by atoms with E-state index in [4.69, 9.17) is 17.3 Å². The van der Waals surface area contributed by atoms with Crippen LogP contribution in [0.15, 0.2) is 0 Å². The molecule has 25 heavy (non-hydrogen) atoms. The number of esters is 1. The lowest BCUT2D eigenvalue weighted by Gasteiger charge is -2.31. The van der Waals surface area contributed by atoms with E-state index >= 15 is 0 Å². The number of hydrogen-bond donors (Lipinski definition) is 0. The Hall–Kier alpha value is -1.37. The summed E-state index contributed by atoms with van der Waals surface area (Å²) in [5.41, 5.74) is 0. The second kappa shape index (κ2) is 9.37. The summed E-state index contributed by atoms with van der Waals surface area (Å²) in [5, 5.41) is 0. The summed E-state index contributed by atoms with van der Waals surface area (Å²) < 4.78 is 10.9. The minimum absolute atomic E-state index is 0.0502. The van der Waals surface area contributed by atoms with E-state index in [9.17, 15) is 14.4 Å². The highest BCUT2D eigenvalue weighted by atomic mass is 16.6. The van der Waals surface area contributed by atoms with Crippen molar-refractivity contribution in [2.75, 3.05) is 13.1 Å². The second-order valence-corrected chi connectivity index (χ2v) is 6.86. The number of Topliss-reactive ketones (excluding diaryl/α,β-unsaturated/α-hetero) is 1. The molecule has 0 N–H and O–H groups in total. The molecule has 2 fully saturated rings. The van der Waals surface area contributed by atoms with Gasteiger partial charge >= 0.3 is 5.97 Å². The number of amides is 1. The molecular formula is C18H28BNO5. The van der Waals surface area contributed by atoms with E-state index in [1.807, 2.05) is 13.8 Å². The van der Waals surface area contributed by atoms with E-state index in [-0.39, 0.29) is 48.6 Å². The van der Waals surface area contributed by atoms with Crippen molar-refractivity contribution in [2.24, 2.45) is 5.92 Å². The molecule has 7 heteroatoms. The fraction of sp³-hybridized carbons (Fsp3) is 0.833. The molecule has 0 bridgehead atoms. The smallest absolute Gasteiger partial charge is 0.306 e. The Labute approximate surface area is 151 Å². The number of likely N-dealkylation sites (tertiary alicyclic amines) is 1. The number of carbonyl (C=O) groups excluding carboxylic acids is 3. The van der Waals surface area contributed by atoms with E-state index < -0.39 is 6.00 Å². The highest BCUT2D eigenvalue weighted by Crippen LogP contribution is 2.24. The molecule has 138 valence electrons. The zero-order chi connectivity index (χ0) is 18.4. The minimum atomic E-state index is -0.392. The zero-order valence-corrected chi connectivity index (χ0v) is 15.2. The van der Waals surface area contributed by atoms with Crippen LogP contribution in [0, 0.1) is 5.92 Å². The van der Waals surface area contributed by atoms with Gasteiger partial charge in [0.2, 0.25) is 5.91 Å². The first kappa shape index (κ1) is 20.0. The van der Waals surface area contributed by atoms with Gasteiger partial charge in [-0.2, -0.15) is 0 Å². The number of rotatable bonds is 7. The summed E-state index contributed by atoms with van der Waals surface area (Å²) in [4.78, 5) is 37.7. The van der Waals surface area contributed by atoms with E-state index in [0.29, 0.717) is 25.9 Å². The van der Waals surface area contributed by atoms with Crippen molar-refractivity contribution in [2.45, 2.75) is 77.0 Å². The molecule has 2 saturated heterocycles. The first-order valence-corrected chi connectivity index (χ1v) is 9.35. The van der Waals surface area contributed by atoms with Crippen LogP contribution in [-0.2, 0) is 23.9 Å². The van der Waals surface area contributed by atoms with E-state index in [1.165, 1.54) is 0 Å². The van der Waals surface area contributed by atoms with Crippen LogP contribution >= 0.6 is 0 Å². The molecule has 2 rings (SSSR count). The van der Waals surface area contributed by atoms with Crippen molar-refractivity contribution in [1.82, 2.24) is 4.90 Å². The van der Waals surface area contributed by atoms with Crippen molar-refractivity contribution >= 4 is 25.5 Å². The molecule has 1 amide bonds. The third-order valence-corrected chi connectivity index (χ3v) is 5.11. The van der Waals surface area contributed by atoms with Gasteiger partial charge in [-0.15, -0.1) is 0 Å². The van der Waals surface area contributed by atoms with E-state index in [0.717, 1.165) is 19.3 Å². The standard InChI is InChI=1S/C18H28BNO5/c1-3-13(21)12-7-9-20(10-8-12)17(22)5-6-18(23)25-15-11-16(19)24-14(15)4-2/h12,14-16H,3-11H2,1-2H3/t14-,15-,16-/m1/s1. The number of carbonyl (C=O) groups is 3. The van der Waals surface area contributed by atoms with Gasteiger partial charge in [0.15, 0.2) is 0 Å². The molecule has 3 atom stereocenters. The summed E-state index contributed by atoms with van der Waals surface area (Å²) in [6.07, 6.45) is 2.95. The Kier molecular flexibility index (Phi) is 7.47. The first-order chi connectivity index (χ1) is 11.9. The van der Waals surface area contributed by atoms with Gasteiger partial charge in [0.05, 0.1) is 12.5 Å². The van der Waals surface area contributed by atoms with Crippen LogP contribution in [0.4, 0.5) is 0 Å². The number of ether oxygens (including phenoxy) is 2. The quantitative estimate of drug-likeness (QED) is 0.516. The largest absolute Gasteiger partial charge is 0.460 e. The van der Waals surface area contributed by atoms with Gasteiger partial charge < -0.3 is 14.4 Å². The maximum Gasteiger partial charge on any atom is 0.306 e. The van der Waals surface area contributed by atoms with Gasteiger partial charge in [-0.05, 0) is 19.3 Å². The van der Waals surface area contributed by atoms with Gasteiger partial charge in [-0.1, -0.05) is 13.8 Å². The van der Waals surface area contributed by atoms with Crippen LogP contribution in [0.25, 0.3) is 0 Å². The van der Waals surface area contributed by atoms with Gasteiger partial charge in [-0.3, -0.25) is 14.4 Å². The molecule has 0 aliphatic carbocycles. The monoisotopic (exact) mass is 349 g/mol. The van der Waals surface area contributed by atoms with E-state index in [2.05, 4.69) is 0 Å². The Bertz CT molecular complexity index is 490. The van der Waals surface area contributed by atoms with Crippen molar-refractivity contribution in [3.63, 3.8) is 0 Å². The average molecular weight is 349 g/mol. The van der Waals surface area contributed by atoms with Crippen molar-refractivity contribution in [1.29, 1.82) is 0 Å². The highest BCUT2D eigenvalue weighted by molar-refractivity contribution is 6.11. The number of piperidine rings is 1. The van der Waals surface area contributed by atoms with Crippen LogP contribution in [0.2, 0.25) is 0 Å². The van der Waals surface area contributed by atoms with Crippen LogP contribution in [-0.4, -0.2) is 61.7 Å². The molecule has 0 aromatic heterocycles. The summed E-state index contributed by atoms with van der Waals surface area (Å²) in [7, 11) is 5.73. The highest BCUT2D eigenvalue weighted by Gasteiger charge is 2.34. The predicted octanol–water partition coefficient (Wildman–Crippen LogP) is 1.59. The number of ketones is 1. The molecule has 0 aromatic rings. The Morgan fingerprint density at radius 3 is 2.44 bits per heavy atom. The predicted molar refractivity (Wildman–Crippen MR) is 93.0 cm³/mol. The maximum atomic E-state index is 12.2. The van der Waals surface area contributed by atoms with Gasteiger partial charge in [0.1, 0.15) is 19.7 Å². The molecule has 2 aliphatic heterocycles. The van der Waals surface area contributed by atoms with Crippen molar-refractivity contribution in [3.8, 4) is 0 Å². The third kappa shape index (κ3) is 5.56. The van der Waals surface area contributed by atoms with Gasteiger partial charge in [0, 0.05) is 44.3 Å². The first-order valence-electron chi connectivity index (χ1n) is 9.35. The Morgan fingerprint density at radius 2 is 1.84 bits per heavy atom. The SMILES string of the molecule is [B][C@H]1C[C@@H](OC(=O)CCC(=O)N2CCC(C(=O)CC)CC2)[C@@H](CC)O1. The molecule has 2 aliphatic rings. The third-order valence-electron chi connectivity index (χ3n) is 5.11. The molecular weight excluding hydrogens is 321 g/mol. The van der Waals surface area contributed by atoms with Crippen LogP contribution in [0.1, 0.15) is 58.8 Å². The Morgan fingerprint density at radius 1 is 1.16 bits per heavy atom. The second-order valence-electron chi connectivity index (χ2n) is 6.86. The van der Waals surface area contributed by atoms with E-state index in [1.54, 1.807) is 4.90 Å². The average Bonchev–Trinajstić information content (AvgIpc) is 2.98. The molecule has 6 nitrogen and oxygen atoms in total. The summed E-state index contributed by atoms with van der Waals surface area (Å²) in [5.74, 6) is -0.0778. The fourth-order valence-electron chi connectivity index (χ4n) is 3.57. The molecule has 0 spiro atoms. The Balaban J connectivity index is 1.70. The summed E-state index contributed by atoms with van der Waals surface area (Å²) in [6, 6.07) is -0.392. The van der Waals surface area contributed by atoms with Crippen LogP contribution in [0.3, 0.4) is 0 Å². The van der Waals surface area contributed by atoms with Crippen molar-refractivity contribution < 1.29 is 23.9 Å². The molecule has 0 saturated carbocycles. The normalized spacial score (nSPS) is 27.3. The van der Waals surface area contributed by atoms with Crippen LogP contribution in [0.5, 0.6) is 0 Å². The van der Waals surface area contributed by atoms with Gasteiger partial charge in [0.25, 0.3) is 0 Å². The summed E-state index contributed by atoms with van der Waals surface area (Å²) >= 11 is 0. The lowest BCUT2D eigenvalue weighted by molar-refractivity contribution is -0.153. The number of nitrogens with zero attached hydrogens (tertiary/aromatic N) is 1. The minimum Gasteiger partial charge on any atom is -0.460 e.